The molecule has 0 aromatic heterocycles. The number of nitrogens with zero attached hydrogens (tertiary/aromatic N) is 1. The molecule has 1 nitrogen and oxygen atoms in total. The molecule has 4 aliphatic rings. The zero-order chi connectivity index (χ0) is 50.9. The van der Waals surface area contributed by atoms with E-state index in [1.807, 2.05) is 0 Å². The fraction of sp³-hybridized carbons (Fsp3) is 0.0789. The lowest BCUT2D eigenvalue weighted by Gasteiger charge is -2.35. The molecule has 1 heteroatoms. The van der Waals surface area contributed by atoms with Crippen LogP contribution in [-0.2, 0) is 16.2 Å². The third kappa shape index (κ3) is 5.34. The van der Waals surface area contributed by atoms with Gasteiger partial charge in [-0.2, -0.15) is 0 Å². The third-order valence-electron chi connectivity index (χ3n) is 18.4. The van der Waals surface area contributed by atoms with Crippen molar-refractivity contribution in [3.05, 3.63) is 305 Å². The Bertz CT molecular complexity index is 4370. The highest BCUT2D eigenvalue weighted by atomic mass is 15.1. The molecule has 0 aliphatic heterocycles. The van der Waals surface area contributed by atoms with E-state index in [0.29, 0.717) is 0 Å². The van der Waals surface area contributed by atoms with Crippen molar-refractivity contribution in [2.24, 2.45) is 0 Å². The Morgan fingerprint density at radius 1 is 0.273 bits per heavy atom. The van der Waals surface area contributed by atoms with Crippen molar-refractivity contribution in [2.45, 2.75) is 37.0 Å². The van der Waals surface area contributed by atoms with Gasteiger partial charge in [0.15, 0.2) is 0 Å². The first-order chi connectivity index (χ1) is 37.9. The minimum Gasteiger partial charge on any atom is -0.309 e. The second kappa shape index (κ2) is 15.2. The minimum atomic E-state index is -0.577. The summed E-state index contributed by atoms with van der Waals surface area (Å²) in [6.45, 7) is 6.95. The van der Waals surface area contributed by atoms with Crippen LogP contribution in [0.15, 0.2) is 255 Å². The maximum Gasteiger partial charge on any atom is 0.0726 e. The van der Waals surface area contributed by atoms with Gasteiger partial charge in [-0.25, -0.2) is 0 Å². The average molecular weight is 978 g/mol. The zero-order valence-electron chi connectivity index (χ0n) is 43.2. The Kier molecular flexibility index (Phi) is 8.48. The van der Waals surface area contributed by atoms with Crippen LogP contribution in [0.5, 0.6) is 0 Å². The maximum atomic E-state index is 2.65. The molecule has 0 radical (unpaired) electrons. The lowest BCUT2D eigenvalue weighted by molar-refractivity contribution is 0.590. The van der Waals surface area contributed by atoms with E-state index in [1.54, 1.807) is 0 Å². The molecule has 0 heterocycles. The maximum absolute atomic E-state index is 2.65. The zero-order valence-corrected chi connectivity index (χ0v) is 43.2. The number of hydrogen-bond donors (Lipinski definition) is 0. The molecule has 360 valence electrons. The van der Waals surface area contributed by atoms with Crippen LogP contribution in [0.3, 0.4) is 0 Å². The van der Waals surface area contributed by atoms with E-state index in [2.05, 4.69) is 280 Å². The van der Waals surface area contributed by atoms with Crippen molar-refractivity contribution in [3.63, 3.8) is 0 Å². The van der Waals surface area contributed by atoms with Crippen molar-refractivity contribution in [3.8, 4) is 44.5 Å². The van der Waals surface area contributed by atoms with Gasteiger partial charge in [-0.3, -0.25) is 0 Å². The molecule has 0 amide bonds. The number of rotatable bonds is 3. The highest BCUT2D eigenvalue weighted by Crippen LogP contribution is 2.68. The molecule has 13 aromatic rings. The minimum absolute atomic E-state index is 0.0295. The molecule has 0 bridgehead atoms. The molecule has 17 rings (SSSR count). The summed E-state index contributed by atoms with van der Waals surface area (Å²) >= 11 is 0. The third-order valence-corrected chi connectivity index (χ3v) is 18.4. The summed E-state index contributed by atoms with van der Waals surface area (Å²) in [6.07, 6.45) is 0. The summed E-state index contributed by atoms with van der Waals surface area (Å²) in [5.74, 6) is 0. The lowest BCUT2D eigenvalue weighted by Crippen LogP contribution is -2.27. The molecule has 0 unspecified atom stereocenters. The molecule has 0 N–H and O–H groups in total. The first-order valence-corrected chi connectivity index (χ1v) is 27.3. The monoisotopic (exact) mass is 977 g/mol. The van der Waals surface area contributed by atoms with Gasteiger partial charge in [-0.05, 0) is 157 Å². The largest absolute Gasteiger partial charge is 0.309 e. The normalized spacial score (nSPS) is 14.4. The van der Waals surface area contributed by atoms with Gasteiger partial charge in [0.25, 0.3) is 0 Å². The van der Waals surface area contributed by atoms with Gasteiger partial charge in [0, 0.05) is 16.5 Å². The van der Waals surface area contributed by atoms with E-state index in [4.69, 9.17) is 0 Å². The summed E-state index contributed by atoms with van der Waals surface area (Å²) in [4.78, 5) is 2.65. The van der Waals surface area contributed by atoms with Crippen LogP contribution in [0.1, 0.15) is 70.8 Å². The molecular formula is C76H51N. The summed E-state index contributed by atoms with van der Waals surface area (Å²) in [5.41, 5.74) is 24.8. The molecule has 0 fully saturated rings. The molecule has 4 aliphatic carbocycles. The Morgan fingerprint density at radius 3 is 0.987 bits per heavy atom. The van der Waals surface area contributed by atoms with Gasteiger partial charge in [0.1, 0.15) is 0 Å². The van der Waals surface area contributed by atoms with Gasteiger partial charge in [0.05, 0.1) is 22.2 Å². The molecular weight excluding hydrogens is 927 g/mol. The second-order valence-corrected chi connectivity index (χ2v) is 23.0. The standard InChI is InChI=1S/C76H51N/c1-74(2,3)48-38-40-49(41-39-48)77(68-44-66-72(58-30-10-8-28-56(58)68)70-50-22-6-4-20-46(50)36-42-64(70)75(66)60-32-16-12-24-52(60)53-25-13-17-33-61(53)75)69-45-67-73(59-31-11-9-29-57(59)69)71-51-23-7-5-21-47(51)37-43-65(71)76(67)62-34-18-14-26-54(62)55-27-15-19-35-63(55)76/h4-45H,1-3H3. The van der Waals surface area contributed by atoms with Gasteiger partial charge < -0.3 is 4.90 Å². The number of hydrogen-bond acceptors (Lipinski definition) is 1. The molecule has 0 saturated carbocycles. The molecule has 0 atom stereocenters. The number of anilines is 3. The number of benzene rings is 13. The Labute approximate surface area is 449 Å². The highest BCUT2D eigenvalue weighted by molar-refractivity contribution is 6.20. The molecule has 77 heavy (non-hydrogen) atoms. The van der Waals surface area contributed by atoms with Gasteiger partial charge >= 0.3 is 0 Å². The number of fused-ring (bicyclic) bond motifs is 28. The lowest BCUT2D eigenvalue weighted by atomic mass is 9.70. The van der Waals surface area contributed by atoms with Crippen LogP contribution < -0.4 is 4.90 Å². The van der Waals surface area contributed by atoms with Crippen molar-refractivity contribution >= 4 is 60.2 Å². The smallest absolute Gasteiger partial charge is 0.0726 e. The average Bonchev–Trinajstić information content (AvgIpc) is 4.36. The van der Waals surface area contributed by atoms with Crippen molar-refractivity contribution in [2.75, 3.05) is 4.90 Å². The van der Waals surface area contributed by atoms with E-state index in [9.17, 15) is 0 Å². The predicted molar refractivity (Wildman–Crippen MR) is 322 cm³/mol. The fourth-order valence-corrected chi connectivity index (χ4v) is 15.4. The molecule has 13 aromatic carbocycles. The highest BCUT2D eigenvalue weighted by Gasteiger charge is 2.55. The van der Waals surface area contributed by atoms with E-state index in [-0.39, 0.29) is 5.41 Å². The van der Waals surface area contributed by atoms with Crippen LogP contribution in [0, 0.1) is 0 Å². The van der Waals surface area contributed by atoms with Crippen LogP contribution in [0.4, 0.5) is 17.1 Å². The van der Waals surface area contributed by atoms with Crippen LogP contribution in [0.25, 0.3) is 87.6 Å². The Balaban J connectivity index is 1.05. The van der Waals surface area contributed by atoms with Crippen molar-refractivity contribution in [1.29, 1.82) is 0 Å². The summed E-state index contributed by atoms with van der Waals surface area (Å²) < 4.78 is 0. The fourth-order valence-electron chi connectivity index (χ4n) is 15.4. The quantitative estimate of drug-likeness (QED) is 0.171. The van der Waals surface area contributed by atoms with Crippen LogP contribution in [0.2, 0.25) is 0 Å². The van der Waals surface area contributed by atoms with Gasteiger partial charge in [-0.15, -0.1) is 0 Å². The Morgan fingerprint density at radius 2 is 0.597 bits per heavy atom. The summed E-state index contributed by atoms with van der Waals surface area (Å²) in [7, 11) is 0. The summed E-state index contributed by atoms with van der Waals surface area (Å²) in [6, 6.07) is 98.0. The van der Waals surface area contributed by atoms with Gasteiger partial charge in [0.2, 0.25) is 0 Å². The van der Waals surface area contributed by atoms with Gasteiger partial charge in [-0.1, -0.05) is 251 Å². The van der Waals surface area contributed by atoms with Crippen LogP contribution in [-0.4, -0.2) is 0 Å². The first-order valence-electron chi connectivity index (χ1n) is 27.3. The summed E-state index contributed by atoms with van der Waals surface area (Å²) in [5, 5.41) is 10.0. The molecule has 2 spiro atoms. The van der Waals surface area contributed by atoms with Crippen molar-refractivity contribution in [1.82, 2.24) is 0 Å². The predicted octanol–water partition coefficient (Wildman–Crippen LogP) is 19.8. The van der Waals surface area contributed by atoms with Crippen LogP contribution >= 0.6 is 0 Å². The van der Waals surface area contributed by atoms with Crippen molar-refractivity contribution < 1.29 is 0 Å². The van der Waals surface area contributed by atoms with E-state index in [1.165, 1.54) is 138 Å². The topological polar surface area (TPSA) is 3.24 Å². The Hall–Kier alpha value is -9.30. The molecule has 0 saturated heterocycles. The van der Waals surface area contributed by atoms with E-state index >= 15 is 0 Å². The SMILES string of the molecule is CC(C)(C)c1ccc(N(c2cc3c(c4ccccc24)-c2c(ccc4ccccc24)C32c3ccccc3-c3ccccc32)c2cc3c(c4ccccc24)-c2c(ccc4ccccc24)C32c3ccccc3-c3ccccc32)cc1. The first kappa shape index (κ1) is 43.0. The second-order valence-electron chi connectivity index (χ2n) is 23.0. The van der Waals surface area contributed by atoms with E-state index < -0.39 is 10.8 Å². The van der Waals surface area contributed by atoms with E-state index in [0.717, 1.165) is 17.1 Å².